The number of hydrogen-bond donors (Lipinski definition) is 0. The first-order valence-corrected chi connectivity index (χ1v) is 4.32. The van der Waals surface area contributed by atoms with Crippen LogP contribution in [0, 0.1) is 0 Å². The van der Waals surface area contributed by atoms with Gasteiger partial charge in [0.1, 0.15) is 5.83 Å². The third kappa shape index (κ3) is 1.66. The van der Waals surface area contributed by atoms with E-state index in [4.69, 9.17) is 0 Å². The monoisotopic (exact) mass is 272 g/mol. The smallest absolute Gasteiger partial charge is 0.199 e. The van der Waals surface area contributed by atoms with E-state index < -0.39 is 15.2 Å². The van der Waals surface area contributed by atoms with E-state index in [9.17, 15) is 8.78 Å². The zero-order chi connectivity index (χ0) is 7.78. The Balaban J connectivity index is 2.84. The van der Waals surface area contributed by atoms with Gasteiger partial charge in [-0.1, -0.05) is 15.9 Å². The summed E-state index contributed by atoms with van der Waals surface area (Å²) >= 11 is 5.73. The van der Waals surface area contributed by atoms with Crippen LogP contribution in [0.3, 0.4) is 0 Å². The minimum absolute atomic E-state index is 0.422. The minimum atomic E-state index is -1.65. The molecule has 0 saturated heterocycles. The molecular weight excluding hydrogens is 270 g/mol. The second-order valence-corrected chi connectivity index (χ2v) is 4.16. The number of rotatable bonds is 0. The molecule has 0 aromatic heterocycles. The Hall–Kier alpha value is 0.300. The van der Waals surface area contributed by atoms with Gasteiger partial charge in [0, 0.05) is 0 Å². The lowest BCUT2D eigenvalue weighted by Crippen LogP contribution is -2.24. The summed E-state index contributed by atoms with van der Waals surface area (Å²) in [5.41, 5.74) is 0. The Morgan fingerprint density at radius 3 is 2.60 bits per heavy atom. The quantitative estimate of drug-likeness (QED) is 0.595. The molecule has 0 aromatic carbocycles. The lowest BCUT2D eigenvalue weighted by Gasteiger charge is -2.20. The van der Waals surface area contributed by atoms with Crippen LogP contribution in [0.4, 0.5) is 8.78 Å². The van der Waals surface area contributed by atoms with Gasteiger partial charge in [-0.3, -0.25) is 0 Å². The van der Waals surface area contributed by atoms with E-state index in [0.29, 0.717) is 0 Å². The molecule has 0 amide bonds. The molecule has 0 N–H and O–H groups in total. The summed E-state index contributed by atoms with van der Waals surface area (Å²) in [6, 6.07) is 0. The van der Waals surface area contributed by atoms with Gasteiger partial charge in [0.15, 0.2) is 4.58 Å². The van der Waals surface area contributed by atoms with E-state index in [1.54, 1.807) is 0 Å². The van der Waals surface area contributed by atoms with E-state index >= 15 is 0 Å². The molecule has 2 unspecified atom stereocenters. The van der Waals surface area contributed by atoms with Crippen molar-refractivity contribution >= 4 is 31.9 Å². The van der Waals surface area contributed by atoms with Crippen molar-refractivity contribution in [3.8, 4) is 0 Å². The van der Waals surface area contributed by atoms with E-state index in [-0.39, 0.29) is 0 Å². The van der Waals surface area contributed by atoms with Gasteiger partial charge in [-0.05, 0) is 34.2 Å². The molecule has 0 spiro atoms. The molecule has 0 saturated carbocycles. The van der Waals surface area contributed by atoms with Crippen molar-refractivity contribution in [3.05, 3.63) is 24.1 Å². The molecule has 1 aliphatic carbocycles. The lowest BCUT2D eigenvalue weighted by molar-refractivity contribution is 0.372. The molecule has 4 heteroatoms. The fourth-order valence-corrected chi connectivity index (χ4v) is 1.26. The highest BCUT2D eigenvalue weighted by atomic mass is 79.9. The van der Waals surface area contributed by atoms with Crippen LogP contribution in [0.15, 0.2) is 24.1 Å². The molecule has 0 aliphatic heterocycles. The zero-order valence-corrected chi connectivity index (χ0v) is 7.99. The van der Waals surface area contributed by atoms with E-state index in [0.717, 1.165) is 18.2 Å². The molecule has 0 heterocycles. The third-order valence-corrected chi connectivity index (χ3v) is 3.44. The second-order valence-electron chi connectivity index (χ2n) is 1.96. The summed E-state index contributed by atoms with van der Waals surface area (Å²) in [5, 5.41) is 0. The van der Waals surface area contributed by atoms with Crippen molar-refractivity contribution in [2.24, 2.45) is 0 Å². The normalized spacial score (nSPS) is 39.6. The summed E-state index contributed by atoms with van der Waals surface area (Å²) in [5.74, 6) is -0.422. The van der Waals surface area contributed by atoms with Gasteiger partial charge in [0.2, 0.25) is 0 Å². The largest absolute Gasteiger partial charge is 0.225 e. The average Bonchev–Trinajstić information content (AvgIpc) is 1.81. The summed E-state index contributed by atoms with van der Waals surface area (Å²) in [7, 11) is 0. The van der Waals surface area contributed by atoms with Crippen LogP contribution in [0.1, 0.15) is 0 Å². The first-order valence-electron chi connectivity index (χ1n) is 2.61. The van der Waals surface area contributed by atoms with Crippen molar-refractivity contribution in [1.29, 1.82) is 0 Å². The highest BCUT2D eigenvalue weighted by molar-refractivity contribution is 9.12. The average molecular weight is 274 g/mol. The van der Waals surface area contributed by atoms with Crippen molar-refractivity contribution in [3.63, 3.8) is 0 Å². The molecule has 0 radical (unpaired) electrons. The fourth-order valence-electron chi connectivity index (χ4n) is 0.589. The van der Waals surface area contributed by atoms with E-state index in [1.165, 1.54) is 0 Å². The van der Waals surface area contributed by atoms with Gasteiger partial charge in [-0.15, -0.1) is 0 Å². The predicted molar refractivity (Wildman–Crippen MR) is 43.8 cm³/mol. The molecule has 1 rings (SSSR count). The number of alkyl halides is 3. The highest BCUT2D eigenvalue weighted by Gasteiger charge is 2.32. The topological polar surface area (TPSA) is 0 Å². The summed E-state index contributed by atoms with van der Waals surface area (Å²) < 4.78 is 23.7. The Bertz CT molecular complexity index is 196. The standard InChI is InChI=1S/C6H4Br2F2/c7-5-3-4(9)1-2-6(5,8)10/h1-3,5H. The molecule has 2 atom stereocenters. The van der Waals surface area contributed by atoms with Crippen LogP contribution in [0.2, 0.25) is 0 Å². The van der Waals surface area contributed by atoms with Crippen LogP contribution < -0.4 is 0 Å². The molecule has 10 heavy (non-hydrogen) atoms. The molecule has 0 fully saturated rings. The van der Waals surface area contributed by atoms with Gasteiger partial charge in [0.05, 0.1) is 4.83 Å². The fraction of sp³-hybridized carbons (Fsp3) is 0.333. The SMILES string of the molecule is FC1=CC(Br)C(F)(Br)C=C1. The summed E-state index contributed by atoms with van der Waals surface area (Å²) in [4.78, 5) is -0.634. The van der Waals surface area contributed by atoms with Crippen LogP contribution in [0.5, 0.6) is 0 Å². The number of allylic oxidation sites excluding steroid dienone is 4. The maximum Gasteiger partial charge on any atom is 0.199 e. The van der Waals surface area contributed by atoms with Gasteiger partial charge in [0.25, 0.3) is 0 Å². The molecule has 0 bridgehead atoms. The van der Waals surface area contributed by atoms with Crippen LogP contribution in [-0.4, -0.2) is 9.41 Å². The zero-order valence-electron chi connectivity index (χ0n) is 4.82. The van der Waals surface area contributed by atoms with Crippen molar-refractivity contribution in [2.45, 2.75) is 9.41 Å². The molecule has 56 valence electrons. The Morgan fingerprint density at radius 2 is 2.20 bits per heavy atom. The predicted octanol–water partition coefficient (Wildman–Crippen LogP) is 3.23. The van der Waals surface area contributed by atoms with Gasteiger partial charge in [-0.25, -0.2) is 8.78 Å². The van der Waals surface area contributed by atoms with Crippen LogP contribution in [0.25, 0.3) is 0 Å². The Labute approximate surface area is 74.2 Å². The van der Waals surface area contributed by atoms with Crippen molar-refractivity contribution < 1.29 is 8.78 Å². The highest BCUT2D eigenvalue weighted by Crippen LogP contribution is 2.36. The van der Waals surface area contributed by atoms with E-state index in [1.807, 2.05) is 0 Å². The van der Waals surface area contributed by atoms with Gasteiger partial charge in [-0.2, -0.15) is 0 Å². The Kier molecular flexibility index (Phi) is 2.30. The minimum Gasteiger partial charge on any atom is -0.225 e. The van der Waals surface area contributed by atoms with Crippen molar-refractivity contribution in [2.75, 3.05) is 0 Å². The maximum absolute atomic E-state index is 13.0. The van der Waals surface area contributed by atoms with Gasteiger partial charge >= 0.3 is 0 Å². The first kappa shape index (κ1) is 8.40. The third-order valence-electron chi connectivity index (χ3n) is 1.14. The first-order chi connectivity index (χ1) is 4.52. The summed E-state index contributed by atoms with van der Waals surface area (Å²) in [6.45, 7) is 0. The maximum atomic E-state index is 13.0. The Morgan fingerprint density at radius 1 is 1.60 bits per heavy atom. The number of hydrogen-bond acceptors (Lipinski definition) is 0. The number of halogens is 4. The molecule has 1 aliphatic rings. The molecule has 0 aromatic rings. The molecular formula is C6H4Br2F2. The summed E-state index contributed by atoms with van der Waals surface area (Å²) in [6.07, 6.45) is 3.38. The van der Waals surface area contributed by atoms with Crippen LogP contribution >= 0.6 is 31.9 Å². The lowest BCUT2D eigenvalue weighted by atomic mass is 10.1. The van der Waals surface area contributed by atoms with Crippen LogP contribution in [-0.2, 0) is 0 Å². The molecule has 0 nitrogen and oxygen atoms in total. The van der Waals surface area contributed by atoms with Gasteiger partial charge < -0.3 is 0 Å². The van der Waals surface area contributed by atoms with Crippen molar-refractivity contribution in [1.82, 2.24) is 0 Å². The van der Waals surface area contributed by atoms with E-state index in [2.05, 4.69) is 31.9 Å². The second kappa shape index (κ2) is 2.74.